The summed E-state index contributed by atoms with van der Waals surface area (Å²) >= 11 is 0. The lowest BCUT2D eigenvalue weighted by molar-refractivity contribution is -0.274. The molecule has 0 radical (unpaired) electrons. The number of hydrogen-bond donors (Lipinski definition) is 0. The molecule has 0 amide bonds. The molecule has 0 aliphatic rings. The van der Waals surface area contributed by atoms with Gasteiger partial charge in [-0.2, -0.15) is 0 Å². The summed E-state index contributed by atoms with van der Waals surface area (Å²) < 4.78 is 52.8. The van der Waals surface area contributed by atoms with Crippen molar-refractivity contribution in [3.63, 3.8) is 0 Å². The van der Waals surface area contributed by atoms with Crippen molar-refractivity contribution in [1.29, 1.82) is 0 Å². The van der Waals surface area contributed by atoms with E-state index in [-0.39, 0.29) is 11.6 Å². The number of benzene rings is 2. The molecule has 0 aliphatic carbocycles. The average molecular weight is 270 g/mol. The Balaban J connectivity index is 2.27. The number of ether oxygens (including phenoxy) is 1. The van der Waals surface area contributed by atoms with E-state index in [1.54, 1.807) is 13.0 Å². The molecular weight excluding hydrogens is 260 g/mol. The van der Waals surface area contributed by atoms with Gasteiger partial charge < -0.3 is 4.74 Å². The van der Waals surface area contributed by atoms with Gasteiger partial charge in [0, 0.05) is 0 Å². The normalized spacial score (nSPS) is 11.4. The Morgan fingerprint density at radius 2 is 1.58 bits per heavy atom. The van der Waals surface area contributed by atoms with Gasteiger partial charge in [-0.25, -0.2) is 4.39 Å². The summed E-state index contributed by atoms with van der Waals surface area (Å²) in [6.07, 6.45) is -4.70. The lowest BCUT2D eigenvalue weighted by Crippen LogP contribution is -2.16. The van der Waals surface area contributed by atoms with Gasteiger partial charge in [0.05, 0.1) is 0 Å². The maximum atomic E-state index is 13.0. The molecule has 0 aromatic heterocycles. The maximum absolute atomic E-state index is 13.0. The van der Waals surface area contributed by atoms with Crippen molar-refractivity contribution < 1.29 is 22.3 Å². The van der Waals surface area contributed by atoms with Crippen LogP contribution in [0.3, 0.4) is 0 Å². The summed E-state index contributed by atoms with van der Waals surface area (Å²) in [5, 5.41) is 0. The fraction of sp³-hybridized carbons (Fsp3) is 0.143. The van der Waals surface area contributed by atoms with Crippen LogP contribution in [-0.2, 0) is 0 Å². The Kier molecular flexibility index (Phi) is 3.46. The van der Waals surface area contributed by atoms with Crippen LogP contribution in [0.2, 0.25) is 0 Å². The van der Waals surface area contributed by atoms with Crippen LogP contribution in [0, 0.1) is 12.7 Å². The van der Waals surface area contributed by atoms with E-state index in [2.05, 4.69) is 4.74 Å². The minimum atomic E-state index is -4.70. The number of rotatable bonds is 2. The topological polar surface area (TPSA) is 9.23 Å². The average Bonchev–Trinajstić information content (AvgIpc) is 2.28. The first-order chi connectivity index (χ1) is 8.85. The number of aryl methyl sites for hydroxylation is 1. The minimum Gasteiger partial charge on any atom is -0.406 e. The molecule has 2 rings (SSSR count). The zero-order valence-corrected chi connectivity index (χ0v) is 9.96. The Bertz CT molecular complexity index is 573. The Morgan fingerprint density at radius 3 is 2.11 bits per heavy atom. The van der Waals surface area contributed by atoms with Crippen LogP contribution in [0.1, 0.15) is 5.56 Å². The van der Waals surface area contributed by atoms with Gasteiger partial charge in [0.25, 0.3) is 0 Å². The molecule has 0 fully saturated rings. The summed E-state index contributed by atoms with van der Waals surface area (Å²) in [5.41, 5.74) is 2.18. The van der Waals surface area contributed by atoms with E-state index in [1.165, 1.54) is 36.4 Å². The van der Waals surface area contributed by atoms with Crippen LogP contribution in [0.5, 0.6) is 5.75 Å². The molecule has 0 spiro atoms. The second-order valence-corrected chi connectivity index (χ2v) is 4.03. The first kappa shape index (κ1) is 13.4. The minimum absolute atomic E-state index is 0.281. The largest absolute Gasteiger partial charge is 0.573 e. The fourth-order valence-electron chi connectivity index (χ4n) is 1.79. The molecule has 1 nitrogen and oxygen atoms in total. The van der Waals surface area contributed by atoms with Crippen molar-refractivity contribution in [2.45, 2.75) is 13.3 Å². The van der Waals surface area contributed by atoms with E-state index in [9.17, 15) is 17.6 Å². The number of hydrogen-bond acceptors (Lipinski definition) is 1. The highest BCUT2D eigenvalue weighted by atomic mass is 19.4. The highest BCUT2D eigenvalue weighted by molar-refractivity contribution is 5.67. The molecule has 0 aliphatic heterocycles. The third-order valence-corrected chi connectivity index (χ3v) is 2.59. The summed E-state index contributed by atoms with van der Waals surface area (Å²) in [6.45, 7) is 1.73. The quantitative estimate of drug-likeness (QED) is 0.719. The van der Waals surface area contributed by atoms with E-state index in [0.29, 0.717) is 11.1 Å². The molecule has 0 heterocycles. The van der Waals surface area contributed by atoms with Gasteiger partial charge in [-0.1, -0.05) is 18.2 Å². The second-order valence-electron chi connectivity index (χ2n) is 4.03. The SMILES string of the molecule is Cc1cc(F)ccc1-c1ccc(OC(F)(F)F)cc1. The van der Waals surface area contributed by atoms with Crippen LogP contribution < -0.4 is 4.74 Å². The zero-order chi connectivity index (χ0) is 14.0. The van der Waals surface area contributed by atoms with Crippen LogP contribution in [0.25, 0.3) is 11.1 Å². The standard InChI is InChI=1S/C14H10F4O/c1-9-8-11(15)4-7-13(9)10-2-5-12(6-3-10)19-14(16,17)18/h2-8H,1H3. The predicted molar refractivity (Wildman–Crippen MR) is 63.3 cm³/mol. The van der Waals surface area contributed by atoms with E-state index in [4.69, 9.17) is 0 Å². The van der Waals surface area contributed by atoms with Crippen molar-refractivity contribution in [3.8, 4) is 16.9 Å². The molecular formula is C14H10F4O. The molecule has 0 bridgehead atoms. The highest BCUT2D eigenvalue weighted by Crippen LogP contribution is 2.28. The van der Waals surface area contributed by atoms with E-state index >= 15 is 0 Å². The lowest BCUT2D eigenvalue weighted by Gasteiger charge is -2.10. The predicted octanol–water partition coefficient (Wildman–Crippen LogP) is 4.70. The molecule has 100 valence electrons. The zero-order valence-electron chi connectivity index (χ0n) is 9.96. The Morgan fingerprint density at radius 1 is 0.947 bits per heavy atom. The molecule has 19 heavy (non-hydrogen) atoms. The van der Waals surface area contributed by atoms with Gasteiger partial charge in [-0.15, -0.1) is 13.2 Å². The Labute approximate surface area is 107 Å². The van der Waals surface area contributed by atoms with Crippen molar-refractivity contribution in [2.24, 2.45) is 0 Å². The summed E-state index contributed by atoms with van der Waals surface area (Å²) in [4.78, 5) is 0. The van der Waals surface area contributed by atoms with Crippen molar-refractivity contribution in [1.82, 2.24) is 0 Å². The van der Waals surface area contributed by atoms with Crippen LogP contribution in [-0.4, -0.2) is 6.36 Å². The third-order valence-electron chi connectivity index (χ3n) is 2.59. The van der Waals surface area contributed by atoms with Gasteiger partial charge in [-0.3, -0.25) is 0 Å². The second kappa shape index (κ2) is 4.91. The van der Waals surface area contributed by atoms with E-state index < -0.39 is 6.36 Å². The molecule has 0 N–H and O–H groups in total. The van der Waals surface area contributed by atoms with Crippen molar-refractivity contribution in [3.05, 3.63) is 53.8 Å². The van der Waals surface area contributed by atoms with Gasteiger partial charge in [0.15, 0.2) is 0 Å². The molecule has 2 aromatic rings. The van der Waals surface area contributed by atoms with Gasteiger partial charge >= 0.3 is 6.36 Å². The maximum Gasteiger partial charge on any atom is 0.573 e. The third kappa shape index (κ3) is 3.47. The molecule has 0 atom stereocenters. The smallest absolute Gasteiger partial charge is 0.406 e. The van der Waals surface area contributed by atoms with Gasteiger partial charge in [-0.05, 0) is 47.9 Å². The number of alkyl halides is 3. The lowest BCUT2D eigenvalue weighted by atomic mass is 10.0. The summed E-state index contributed by atoms with van der Waals surface area (Å²) in [7, 11) is 0. The fourth-order valence-corrected chi connectivity index (χ4v) is 1.79. The van der Waals surface area contributed by atoms with Crippen LogP contribution in [0.15, 0.2) is 42.5 Å². The van der Waals surface area contributed by atoms with Crippen molar-refractivity contribution in [2.75, 3.05) is 0 Å². The van der Waals surface area contributed by atoms with E-state index in [0.717, 1.165) is 5.56 Å². The molecule has 2 aromatic carbocycles. The number of halogens is 4. The summed E-state index contributed by atoms with van der Waals surface area (Å²) in [6, 6.07) is 9.72. The molecule has 0 saturated heterocycles. The van der Waals surface area contributed by atoms with Crippen LogP contribution in [0.4, 0.5) is 17.6 Å². The van der Waals surface area contributed by atoms with E-state index in [1.807, 2.05) is 0 Å². The summed E-state index contributed by atoms with van der Waals surface area (Å²) in [5.74, 6) is -0.630. The van der Waals surface area contributed by atoms with Gasteiger partial charge in [0.1, 0.15) is 11.6 Å². The molecule has 0 saturated carbocycles. The molecule has 5 heteroatoms. The molecule has 0 unspecified atom stereocenters. The Hall–Kier alpha value is -2.04. The first-order valence-corrected chi connectivity index (χ1v) is 5.47. The van der Waals surface area contributed by atoms with Crippen molar-refractivity contribution >= 4 is 0 Å². The highest BCUT2D eigenvalue weighted by Gasteiger charge is 2.30. The monoisotopic (exact) mass is 270 g/mol. The first-order valence-electron chi connectivity index (χ1n) is 5.47. The van der Waals surface area contributed by atoms with Crippen LogP contribution >= 0.6 is 0 Å². The van der Waals surface area contributed by atoms with Gasteiger partial charge in [0.2, 0.25) is 0 Å².